The van der Waals surface area contributed by atoms with Gasteiger partial charge in [-0.25, -0.2) is 5.84 Å². The van der Waals surface area contributed by atoms with Crippen LogP contribution in [0.25, 0.3) is 22.0 Å². The number of hydrazine groups is 1. The lowest BCUT2D eigenvalue weighted by Gasteiger charge is -2.35. The van der Waals surface area contributed by atoms with E-state index in [0.29, 0.717) is 21.6 Å². The van der Waals surface area contributed by atoms with Gasteiger partial charge in [0.1, 0.15) is 18.5 Å². The standard InChI is InChI=1S/C37H37N5O6S/c1-22-14-23(2)16-27(15-22)36(47)41(3)32(17-24-8-10-25(11-9-24)26-12-13-49-21-26)37(48)42(33(43)19-34(44)45)31(35(46)40-38)18-28-20-39-30-7-5-4-6-29(28)30/h4-16,20-21,31-32,39H,17-19,38H2,1-3H3,(H,40,46)(H,44,45)/t31-,32-/m0/s1. The zero-order chi connectivity index (χ0) is 35.2. The molecular formula is C37H37N5O6S. The molecule has 0 saturated carbocycles. The van der Waals surface area contributed by atoms with Crippen molar-refractivity contribution in [3.63, 3.8) is 0 Å². The molecule has 2 aromatic heterocycles. The predicted molar refractivity (Wildman–Crippen MR) is 187 cm³/mol. The molecule has 5 N–H and O–H groups in total. The Labute approximate surface area is 287 Å². The maximum atomic E-state index is 14.8. The highest BCUT2D eigenvalue weighted by atomic mass is 32.1. The summed E-state index contributed by atoms with van der Waals surface area (Å²) in [6.45, 7) is 3.71. The number of aromatic nitrogens is 1. The zero-order valence-corrected chi connectivity index (χ0v) is 28.1. The van der Waals surface area contributed by atoms with Crippen molar-refractivity contribution in [3.8, 4) is 11.1 Å². The van der Waals surface area contributed by atoms with Crippen LogP contribution in [0, 0.1) is 13.8 Å². The number of aliphatic carboxylic acids is 1. The van der Waals surface area contributed by atoms with Gasteiger partial charge in [-0.2, -0.15) is 11.3 Å². The molecule has 252 valence electrons. The smallest absolute Gasteiger partial charge is 0.312 e. The van der Waals surface area contributed by atoms with E-state index >= 15 is 0 Å². The molecule has 0 radical (unpaired) electrons. The number of nitrogens with zero attached hydrogens (tertiary/aromatic N) is 2. The lowest BCUT2D eigenvalue weighted by Crippen LogP contribution is -2.60. The van der Waals surface area contributed by atoms with Crippen molar-refractivity contribution in [2.24, 2.45) is 5.84 Å². The molecule has 0 aliphatic carbocycles. The Morgan fingerprint density at radius 3 is 2.22 bits per heavy atom. The van der Waals surface area contributed by atoms with Crippen LogP contribution in [0.2, 0.25) is 0 Å². The van der Waals surface area contributed by atoms with E-state index in [1.165, 1.54) is 11.9 Å². The number of carbonyl (C=O) groups is 5. The van der Waals surface area contributed by atoms with Crippen molar-refractivity contribution in [1.29, 1.82) is 0 Å². The second kappa shape index (κ2) is 15.1. The number of fused-ring (bicyclic) bond motifs is 1. The average molecular weight is 680 g/mol. The van der Waals surface area contributed by atoms with E-state index in [9.17, 15) is 29.1 Å². The van der Waals surface area contributed by atoms with Gasteiger partial charge in [0.2, 0.25) is 5.91 Å². The van der Waals surface area contributed by atoms with Gasteiger partial charge in [0.05, 0.1) is 0 Å². The molecule has 2 atom stereocenters. The molecule has 0 fully saturated rings. The number of carbonyl (C=O) groups excluding carboxylic acids is 4. The summed E-state index contributed by atoms with van der Waals surface area (Å²) in [5.41, 5.74) is 8.12. The van der Waals surface area contributed by atoms with E-state index in [0.717, 1.165) is 33.2 Å². The topological polar surface area (TPSA) is 166 Å². The second-order valence-corrected chi connectivity index (χ2v) is 12.8. The Hall–Kier alpha value is -5.59. The highest BCUT2D eigenvalue weighted by molar-refractivity contribution is 7.08. The van der Waals surface area contributed by atoms with Crippen LogP contribution in [0.5, 0.6) is 0 Å². The van der Waals surface area contributed by atoms with Crippen molar-refractivity contribution in [3.05, 3.63) is 118 Å². The van der Waals surface area contributed by atoms with Crippen molar-refractivity contribution in [2.75, 3.05) is 7.05 Å². The normalized spacial score (nSPS) is 12.2. The van der Waals surface area contributed by atoms with Crippen LogP contribution in [0.4, 0.5) is 0 Å². The van der Waals surface area contributed by atoms with Crippen molar-refractivity contribution < 1.29 is 29.1 Å². The summed E-state index contributed by atoms with van der Waals surface area (Å²) in [7, 11) is 1.46. The van der Waals surface area contributed by atoms with Gasteiger partial charge in [-0.15, -0.1) is 0 Å². The fraction of sp³-hybridized carbons (Fsp3) is 0.216. The van der Waals surface area contributed by atoms with Crippen LogP contribution in [-0.4, -0.2) is 68.6 Å². The van der Waals surface area contributed by atoms with E-state index < -0.39 is 48.1 Å². The first-order valence-corrected chi connectivity index (χ1v) is 16.5. The number of carboxylic acid groups (broad SMARTS) is 1. The second-order valence-electron chi connectivity index (χ2n) is 12.0. The number of aromatic amines is 1. The highest BCUT2D eigenvalue weighted by Crippen LogP contribution is 2.26. The molecule has 0 aliphatic heterocycles. The minimum absolute atomic E-state index is 0.0311. The summed E-state index contributed by atoms with van der Waals surface area (Å²) >= 11 is 1.57. The summed E-state index contributed by atoms with van der Waals surface area (Å²) in [5.74, 6) is 0.710. The molecule has 11 nitrogen and oxygen atoms in total. The molecule has 0 spiro atoms. The molecule has 0 unspecified atom stereocenters. The van der Waals surface area contributed by atoms with E-state index in [4.69, 9.17) is 5.84 Å². The Balaban J connectivity index is 1.58. The maximum Gasteiger partial charge on any atom is 0.312 e. The van der Waals surface area contributed by atoms with Crippen LogP contribution in [0.3, 0.4) is 0 Å². The lowest BCUT2D eigenvalue weighted by molar-refractivity contribution is -0.157. The van der Waals surface area contributed by atoms with Crippen LogP contribution in [0.15, 0.2) is 89.8 Å². The largest absolute Gasteiger partial charge is 0.481 e. The summed E-state index contributed by atoms with van der Waals surface area (Å²) < 4.78 is 0. The Bertz CT molecular complexity index is 1980. The molecular weight excluding hydrogens is 643 g/mol. The van der Waals surface area contributed by atoms with Gasteiger partial charge in [0.25, 0.3) is 17.7 Å². The molecule has 4 amide bonds. The average Bonchev–Trinajstić information content (AvgIpc) is 3.76. The third kappa shape index (κ3) is 7.94. The zero-order valence-electron chi connectivity index (χ0n) is 27.3. The quantitative estimate of drug-likeness (QED) is 0.0646. The number of likely N-dealkylation sites (N-methyl/N-ethyl adjacent to an activating group) is 1. The Morgan fingerprint density at radius 2 is 1.59 bits per heavy atom. The fourth-order valence-electron chi connectivity index (χ4n) is 6.05. The summed E-state index contributed by atoms with van der Waals surface area (Å²) in [4.78, 5) is 72.8. The van der Waals surface area contributed by atoms with Crippen molar-refractivity contribution in [1.82, 2.24) is 20.2 Å². The summed E-state index contributed by atoms with van der Waals surface area (Å²) in [5, 5.41) is 14.3. The van der Waals surface area contributed by atoms with Crippen molar-refractivity contribution in [2.45, 2.75) is 45.2 Å². The van der Waals surface area contributed by atoms with E-state index in [-0.39, 0.29) is 12.8 Å². The number of para-hydroxylation sites is 1. The highest BCUT2D eigenvalue weighted by Gasteiger charge is 2.41. The Morgan fingerprint density at radius 1 is 0.898 bits per heavy atom. The fourth-order valence-corrected chi connectivity index (χ4v) is 6.72. The number of benzene rings is 3. The number of hydrogen-bond acceptors (Lipinski definition) is 7. The maximum absolute atomic E-state index is 14.8. The first kappa shape index (κ1) is 34.7. The lowest BCUT2D eigenvalue weighted by atomic mass is 9.97. The molecule has 49 heavy (non-hydrogen) atoms. The first-order valence-electron chi connectivity index (χ1n) is 15.6. The number of carboxylic acids is 1. The summed E-state index contributed by atoms with van der Waals surface area (Å²) in [6.07, 6.45) is 0.399. The number of hydrogen-bond donors (Lipinski definition) is 4. The number of nitrogens with two attached hydrogens (primary N) is 1. The van der Waals surface area contributed by atoms with Crippen LogP contribution >= 0.6 is 11.3 Å². The molecule has 3 aromatic carbocycles. The molecule has 5 aromatic rings. The van der Waals surface area contributed by atoms with Gasteiger partial charge < -0.3 is 15.0 Å². The first-order chi connectivity index (χ1) is 23.5. The molecule has 0 aliphatic rings. The van der Waals surface area contributed by atoms with Crippen LogP contribution in [-0.2, 0) is 32.0 Å². The molecule has 12 heteroatoms. The number of nitrogens with one attached hydrogen (secondary N) is 2. The van der Waals surface area contributed by atoms with E-state index in [2.05, 4.69) is 4.98 Å². The van der Waals surface area contributed by atoms with Gasteiger partial charge in [-0.3, -0.25) is 34.3 Å². The van der Waals surface area contributed by atoms with Crippen LogP contribution < -0.4 is 11.3 Å². The number of imide groups is 1. The minimum atomic E-state index is -1.53. The molecule has 0 bridgehead atoms. The van der Waals surface area contributed by atoms with Gasteiger partial charge in [0.15, 0.2) is 0 Å². The number of amides is 4. The van der Waals surface area contributed by atoms with E-state index in [1.807, 2.05) is 90.7 Å². The number of thiophene rings is 1. The van der Waals surface area contributed by atoms with Gasteiger partial charge in [-0.1, -0.05) is 59.7 Å². The molecule has 2 heterocycles. The monoisotopic (exact) mass is 679 g/mol. The number of rotatable bonds is 12. The Kier molecular flexibility index (Phi) is 10.7. The predicted octanol–water partition coefficient (Wildman–Crippen LogP) is 4.63. The van der Waals surface area contributed by atoms with Gasteiger partial charge in [-0.05, 0) is 71.1 Å². The minimum Gasteiger partial charge on any atom is -0.481 e. The van der Waals surface area contributed by atoms with Crippen molar-refractivity contribution >= 4 is 51.8 Å². The number of aryl methyl sites for hydroxylation is 2. The van der Waals surface area contributed by atoms with Crippen LogP contribution in [0.1, 0.15) is 39.0 Å². The third-order valence-electron chi connectivity index (χ3n) is 8.43. The summed E-state index contributed by atoms with van der Waals surface area (Å²) in [6, 6.07) is 19.3. The SMILES string of the molecule is Cc1cc(C)cc(C(=O)N(C)[C@@H](Cc2ccc(-c3ccsc3)cc2)C(=O)N(C(=O)CC(=O)O)[C@@H](Cc2c[nH]c3ccccc23)C(=O)NN)c1. The number of H-pyrrole nitrogens is 1. The third-order valence-corrected chi connectivity index (χ3v) is 9.12. The molecule has 0 saturated heterocycles. The van der Waals surface area contributed by atoms with Gasteiger partial charge in [0, 0.05) is 42.6 Å². The van der Waals surface area contributed by atoms with Gasteiger partial charge >= 0.3 is 5.97 Å². The van der Waals surface area contributed by atoms with E-state index in [1.54, 1.807) is 29.7 Å². The molecule has 5 rings (SSSR count).